The van der Waals surface area contributed by atoms with Crippen LogP contribution >= 0.6 is 11.6 Å². The molecule has 190 valence electrons. The molecular formula is C21H24ClF4N7O2. The highest BCUT2D eigenvalue weighted by Crippen LogP contribution is 2.37. The van der Waals surface area contributed by atoms with E-state index < -0.39 is 29.7 Å². The largest absolute Gasteiger partial charge is 0.490 e. The Morgan fingerprint density at radius 1 is 1.34 bits per heavy atom. The summed E-state index contributed by atoms with van der Waals surface area (Å²) in [5.41, 5.74) is -0.100. The zero-order valence-corrected chi connectivity index (χ0v) is 19.7. The van der Waals surface area contributed by atoms with E-state index in [0.29, 0.717) is 42.2 Å². The minimum absolute atomic E-state index is 0.0650. The number of hydrogen-bond donors (Lipinski definition) is 2. The van der Waals surface area contributed by atoms with E-state index in [-0.39, 0.29) is 6.04 Å². The van der Waals surface area contributed by atoms with Crippen LogP contribution in [0.25, 0.3) is 0 Å². The number of halogens is 5. The van der Waals surface area contributed by atoms with Crippen molar-refractivity contribution in [2.45, 2.75) is 63.5 Å². The molecular weight excluding hydrogens is 494 g/mol. The van der Waals surface area contributed by atoms with Crippen molar-refractivity contribution in [3.63, 3.8) is 0 Å². The summed E-state index contributed by atoms with van der Waals surface area (Å²) in [5, 5.41) is 31.1. The molecule has 0 radical (unpaired) electrons. The standard InChI is InChI=1S/C19H23ClFN7.C2HF3O2/c1-4-6-10-19(24-25-19)11-12-22-17(16-14(20)8-7-9-15(16)21)18-23-26-27-28(18)13(3)5-2;3-2(4,5)1(6)7/h1,7-9,13,17,22H,5-6,10-12H2,2-3H3;(H,6,7). The van der Waals surface area contributed by atoms with Crippen molar-refractivity contribution < 1.29 is 27.5 Å². The number of aromatic nitrogens is 4. The molecule has 0 saturated carbocycles. The first kappa shape index (κ1) is 28.1. The van der Waals surface area contributed by atoms with Crippen molar-refractivity contribution in [1.82, 2.24) is 25.5 Å². The van der Waals surface area contributed by atoms with E-state index in [1.807, 2.05) is 13.8 Å². The van der Waals surface area contributed by atoms with E-state index in [1.54, 1.807) is 16.8 Å². The summed E-state index contributed by atoms with van der Waals surface area (Å²) in [4.78, 5) is 8.90. The highest BCUT2D eigenvalue weighted by Gasteiger charge is 2.39. The molecule has 1 aliphatic rings. The zero-order chi connectivity index (χ0) is 26.2. The normalized spacial score (nSPS) is 15.5. The van der Waals surface area contributed by atoms with Crippen molar-refractivity contribution in [1.29, 1.82) is 0 Å². The molecule has 14 heteroatoms. The molecule has 1 aromatic heterocycles. The third-order valence-electron chi connectivity index (χ3n) is 5.24. The zero-order valence-electron chi connectivity index (χ0n) is 18.9. The molecule has 0 amide bonds. The summed E-state index contributed by atoms with van der Waals surface area (Å²) < 4.78 is 48.1. The lowest BCUT2D eigenvalue weighted by Crippen LogP contribution is -2.31. The van der Waals surface area contributed by atoms with Crippen LogP contribution in [0, 0.1) is 18.2 Å². The van der Waals surface area contributed by atoms with E-state index in [2.05, 4.69) is 37.0 Å². The number of alkyl halides is 3. The molecule has 2 atom stereocenters. The lowest BCUT2D eigenvalue weighted by atomic mass is 10.0. The van der Waals surface area contributed by atoms with Gasteiger partial charge < -0.3 is 10.4 Å². The Hall–Kier alpha value is -3.11. The Kier molecular flexibility index (Phi) is 9.67. The number of nitrogens with one attached hydrogen (secondary N) is 1. The number of carboxylic acid groups (broad SMARTS) is 1. The first-order chi connectivity index (χ1) is 16.5. The summed E-state index contributed by atoms with van der Waals surface area (Å²) in [7, 11) is 0. The van der Waals surface area contributed by atoms with Crippen LogP contribution in [0.5, 0.6) is 0 Å². The van der Waals surface area contributed by atoms with E-state index in [9.17, 15) is 17.6 Å². The number of carbonyl (C=O) groups is 1. The van der Waals surface area contributed by atoms with Crippen LogP contribution in [0.1, 0.15) is 63.0 Å². The summed E-state index contributed by atoms with van der Waals surface area (Å²) >= 11 is 6.34. The summed E-state index contributed by atoms with van der Waals surface area (Å²) in [6.07, 6.45) is 3.07. The quantitative estimate of drug-likeness (QED) is 0.348. The molecule has 0 spiro atoms. The lowest BCUT2D eigenvalue weighted by Gasteiger charge is -2.22. The first-order valence-electron chi connectivity index (χ1n) is 10.6. The SMILES string of the molecule is C#CCCC1(CCNC(c2c(F)cccc2Cl)c2nnnn2C(C)CC)N=N1.O=C(O)C(F)(F)F. The molecule has 0 saturated heterocycles. The Balaban J connectivity index is 0.000000540. The third-order valence-corrected chi connectivity index (χ3v) is 5.57. The number of aliphatic carboxylic acids is 1. The molecule has 1 aliphatic heterocycles. The van der Waals surface area contributed by atoms with Gasteiger partial charge in [-0.25, -0.2) is 13.9 Å². The average molecular weight is 518 g/mol. The van der Waals surface area contributed by atoms with Gasteiger partial charge in [-0.05, 0) is 35.9 Å². The van der Waals surface area contributed by atoms with Gasteiger partial charge in [-0.15, -0.1) is 17.4 Å². The topological polar surface area (TPSA) is 118 Å². The molecule has 2 aromatic rings. The van der Waals surface area contributed by atoms with Crippen molar-refractivity contribution in [2.24, 2.45) is 10.2 Å². The highest BCUT2D eigenvalue weighted by molar-refractivity contribution is 6.31. The van der Waals surface area contributed by atoms with Gasteiger partial charge in [0.1, 0.15) is 5.82 Å². The van der Waals surface area contributed by atoms with Crippen LogP contribution in [0.3, 0.4) is 0 Å². The van der Waals surface area contributed by atoms with Crippen LogP contribution in [0.15, 0.2) is 28.4 Å². The van der Waals surface area contributed by atoms with Crippen LogP contribution < -0.4 is 5.32 Å². The predicted molar refractivity (Wildman–Crippen MR) is 118 cm³/mol. The fourth-order valence-corrected chi connectivity index (χ4v) is 3.34. The first-order valence-corrected chi connectivity index (χ1v) is 11.0. The van der Waals surface area contributed by atoms with Crippen molar-refractivity contribution >= 4 is 17.6 Å². The van der Waals surface area contributed by atoms with E-state index in [0.717, 1.165) is 6.42 Å². The van der Waals surface area contributed by atoms with E-state index >= 15 is 0 Å². The van der Waals surface area contributed by atoms with Gasteiger partial charge in [0.15, 0.2) is 11.5 Å². The van der Waals surface area contributed by atoms with E-state index in [4.69, 9.17) is 27.9 Å². The fourth-order valence-electron chi connectivity index (χ4n) is 3.07. The summed E-state index contributed by atoms with van der Waals surface area (Å²) in [6, 6.07) is 4.09. The van der Waals surface area contributed by atoms with Crippen LogP contribution in [-0.2, 0) is 4.79 Å². The molecule has 0 bridgehead atoms. The second-order valence-corrected chi connectivity index (χ2v) is 8.11. The maximum Gasteiger partial charge on any atom is 0.490 e. The molecule has 9 nitrogen and oxygen atoms in total. The second-order valence-electron chi connectivity index (χ2n) is 7.70. The summed E-state index contributed by atoms with van der Waals surface area (Å²) in [6.45, 7) is 4.58. The maximum absolute atomic E-state index is 14.7. The second kappa shape index (κ2) is 12.0. The summed E-state index contributed by atoms with van der Waals surface area (Å²) in [5.74, 6) is -0.0350. The van der Waals surface area contributed by atoms with Gasteiger partial charge in [0.2, 0.25) is 0 Å². The number of tetrazole rings is 1. The van der Waals surface area contributed by atoms with Crippen molar-refractivity contribution in [3.8, 4) is 12.3 Å². The van der Waals surface area contributed by atoms with Gasteiger partial charge in [-0.2, -0.15) is 23.4 Å². The third kappa shape index (κ3) is 7.69. The minimum atomic E-state index is -5.08. The van der Waals surface area contributed by atoms with E-state index in [1.165, 1.54) is 6.07 Å². The monoisotopic (exact) mass is 517 g/mol. The van der Waals surface area contributed by atoms with Crippen LogP contribution in [0.4, 0.5) is 17.6 Å². The number of benzene rings is 1. The lowest BCUT2D eigenvalue weighted by molar-refractivity contribution is -0.192. The molecule has 0 aliphatic carbocycles. The van der Waals surface area contributed by atoms with Gasteiger partial charge in [-0.3, -0.25) is 0 Å². The fraction of sp³-hybridized carbons (Fsp3) is 0.524. The molecule has 0 fully saturated rings. The van der Waals surface area contributed by atoms with Gasteiger partial charge >= 0.3 is 12.1 Å². The van der Waals surface area contributed by atoms with Gasteiger partial charge in [0.05, 0.1) is 12.1 Å². The number of rotatable bonds is 10. The minimum Gasteiger partial charge on any atom is -0.475 e. The Morgan fingerprint density at radius 2 is 2.00 bits per heavy atom. The van der Waals surface area contributed by atoms with Gasteiger partial charge in [0, 0.05) is 36.4 Å². The van der Waals surface area contributed by atoms with Crippen molar-refractivity contribution in [2.75, 3.05) is 6.54 Å². The van der Waals surface area contributed by atoms with Crippen LogP contribution in [-0.4, -0.2) is 49.7 Å². The molecule has 2 unspecified atom stereocenters. The average Bonchev–Trinajstić information content (AvgIpc) is 3.39. The smallest absolute Gasteiger partial charge is 0.475 e. The molecule has 35 heavy (non-hydrogen) atoms. The number of nitrogens with zero attached hydrogens (tertiary/aromatic N) is 6. The predicted octanol–water partition coefficient (Wildman–Crippen LogP) is 4.71. The van der Waals surface area contributed by atoms with Crippen LogP contribution in [0.2, 0.25) is 5.02 Å². The Labute approximate surface area is 203 Å². The van der Waals surface area contributed by atoms with Gasteiger partial charge in [0.25, 0.3) is 0 Å². The molecule has 2 heterocycles. The Morgan fingerprint density at radius 3 is 2.51 bits per heavy atom. The number of carboxylic acids is 1. The molecule has 3 rings (SSSR count). The number of terminal acetylenes is 1. The Bertz CT molecular complexity index is 1060. The van der Waals surface area contributed by atoms with Gasteiger partial charge in [-0.1, -0.05) is 24.6 Å². The highest BCUT2D eigenvalue weighted by atomic mass is 35.5. The maximum atomic E-state index is 14.7. The number of hydrogen-bond acceptors (Lipinski definition) is 7. The molecule has 2 N–H and O–H groups in total. The molecule has 1 aromatic carbocycles. The van der Waals surface area contributed by atoms with Crippen molar-refractivity contribution in [3.05, 3.63) is 40.4 Å².